The molecule has 0 saturated heterocycles. The van der Waals surface area contributed by atoms with Gasteiger partial charge in [0.25, 0.3) is 0 Å². The van der Waals surface area contributed by atoms with Crippen LogP contribution in [0, 0.1) is 0 Å². The summed E-state index contributed by atoms with van der Waals surface area (Å²) in [6, 6.07) is 20.5. The van der Waals surface area contributed by atoms with Crippen LogP contribution in [-0.2, 0) is 0 Å². The molecule has 2 nitrogen and oxygen atoms in total. The zero-order valence-electron chi connectivity index (χ0n) is 20.3. The van der Waals surface area contributed by atoms with Gasteiger partial charge in [-0.15, -0.1) is 0 Å². The van der Waals surface area contributed by atoms with Gasteiger partial charge in [0, 0.05) is 0 Å². The van der Waals surface area contributed by atoms with Gasteiger partial charge in [0.2, 0.25) is 0 Å². The van der Waals surface area contributed by atoms with Crippen LogP contribution in [0.2, 0.25) is 0 Å². The van der Waals surface area contributed by atoms with Crippen molar-refractivity contribution in [3.63, 3.8) is 0 Å². The van der Waals surface area contributed by atoms with Gasteiger partial charge in [0.1, 0.15) is 0 Å². The first-order chi connectivity index (χ1) is 15.8. The van der Waals surface area contributed by atoms with Crippen molar-refractivity contribution in [2.24, 2.45) is 9.98 Å². The number of allylic oxidation sites excluding steroid dienone is 2. The third-order valence-electron chi connectivity index (χ3n) is 5.59. The Hall–Kier alpha value is -2.48. The minimum Gasteiger partial charge on any atom is -0.251 e. The van der Waals surface area contributed by atoms with Crippen molar-refractivity contribution in [1.29, 1.82) is 0 Å². The van der Waals surface area contributed by atoms with Crippen molar-refractivity contribution < 1.29 is 0 Å². The normalized spacial score (nSPS) is 12.6. The lowest BCUT2D eigenvalue weighted by Gasteiger charge is -2.08. The number of hydrogen-bond acceptors (Lipinski definition) is 2. The second-order valence-electron chi connectivity index (χ2n) is 8.50. The zero-order valence-corrected chi connectivity index (χ0v) is 20.3. The highest BCUT2D eigenvalue weighted by atomic mass is 14.8. The lowest BCUT2D eigenvalue weighted by molar-refractivity contribution is 0.577. The third kappa shape index (κ3) is 11.2. The van der Waals surface area contributed by atoms with Crippen LogP contribution in [0.15, 0.2) is 82.8 Å². The van der Waals surface area contributed by atoms with E-state index in [2.05, 4.69) is 50.3 Å². The van der Waals surface area contributed by atoms with Crippen molar-refractivity contribution in [2.75, 3.05) is 0 Å². The van der Waals surface area contributed by atoms with E-state index >= 15 is 0 Å². The summed E-state index contributed by atoms with van der Waals surface area (Å²) in [5.41, 5.74) is 4.05. The second kappa shape index (κ2) is 17.1. The van der Waals surface area contributed by atoms with Gasteiger partial charge in [-0.25, -0.2) is 4.99 Å². The van der Waals surface area contributed by atoms with E-state index in [4.69, 9.17) is 9.98 Å². The lowest BCUT2D eigenvalue weighted by Crippen LogP contribution is -2.11. The average Bonchev–Trinajstić information content (AvgIpc) is 2.83. The number of benzene rings is 2. The Bertz CT molecular complexity index is 803. The highest BCUT2D eigenvalue weighted by Crippen LogP contribution is 2.17. The highest BCUT2D eigenvalue weighted by Gasteiger charge is 2.07. The molecule has 2 aromatic rings. The molecule has 0 aliphatic heterocycles. The molecule has 0 atom stereocenters. The standard InChI is InChI=1S/C30H42N2/c1-3-5-7-8-9-10-11-12-13-20-26-30(32-28-23-18-15-19-24-28)29(25-6-4-2)31-27-21-16-14-17-22-27/h14-24,26H,3-13,25H2,1-2H3/b26-20+,31-29?,32-30?. The van der Waals surface area contributed by atoms with Gasteiger partial charge in [-0.2, -0.15) is 0 Å². The van der Waals surface area contributed by atoms with Crippen LogP contribution in [-0.4, -0.2) is 11.4 Å². The molecule has 2 heteroatoms. The zero-order chi connectivity index (χ0) is 22.7. The number of nitrogens with zero attached hydrogens (tertiary/aromatic N) is 2. The Morgan fingerprint density at radius 1 is 0.625 bits per heavy atom. The predicted octanol–water partition coefficient (Wildman–Crippen LogP) is 9.81. The van der Waals surface area contributed by atoms with E-state index in [-0.39, 0.29) is 0 Å². The van der Waals surface area contributed by atoms with Crippen molar-refractivity contribution in [3.05, 3.63) is 72.8 Å². The number of hydrogen-bond donors (Lipinski definition) is 0. The van der Waals surface area contributed by atoms with Crippen LogP contribution in [0.3, 0.4) is 0 Å². The molecule has 0 radical (unpaired) electrons. The lowest BCUT2D eigenvalue weighted by atomic mass is 10.1. The number of para-hydroxylation sites is 2. The summed E-state index contributed by atoms with van der Waals surface area (Å²) in [7, 11) is 0. The molecule has 0 unspecified atom stereocenters. The van der Waals surface area contributed by atoms with Crippen LogP contribution >= 0.6 is 0 Å². The van der Waals surface area contributed by atoms with Crippen molar-refractivity contribution in [3.8, 4) is 0 Å². The van der Waals surface area contributed by atoms with E-state index in [0.717, 1.165) is 48.5 Å². The van der Waals surface area contributed by atoms with Gasteiger partial charge in [-0.3, -0.25) is 4.99 Å². The third-order valence-corrected chi connectivity index (χ3v) is 5.59. The molecule has 0 saturated carbocycles. The minimum absolute atomic E-state index is 0.944. The van der Waals surface area contributed by atoms with E-state index in [1.54, 1.807) is 0 Å². The Labute approximate surface area is 196 Å². The van der Waals surface area contributed by atoms with Crippen LogP contribution < -0.4 is 0 Å². The summed E-state index contributed by atoms with van der Waals surface area (Å²) >= 11 is 0. The van der Waals surface area contributed by atoms with E-state index < -0.39 is 0 Å². The monoisotopic (exact) mass is 430 g/mol. The summed E-state index contributed by atoms with van der Waals surface area (Å²) in [6.07, 6.45) is 19.6. The molecule has 0 heterocycles. The maximum atomic E-state index is 4.99. The first-order valence-corrected chi connectivity index (χ1v) is 12.8. The van der Waals surface area contributed by atoms with Crippen LogP contribution in [0.5, 0.6) is 0 Å². The second-order valence-corrected chi connectivity index (χ2v) is 8.50. The SMILES string of the molecule is CCCCCCCCCC/C=C/C(=Nc1ccccc1)C(CCCC)=Nc1ccccc1. The van der Waals surface area contributed by atoms with Gasteiger partial charge >= 0.3 is 0 Å². The van der Waals surface area contributed by atoms with Gasteiger partial charge < -0.3 is 0 Å². The van der Waals surface area contributed by atoms with Crippen LogP contribution in [0.1, 0.15) is 90.9 Å². The average molecular weight is 431 g/mol. The summed E-state index contributed by atoms with van der Waals surface area (Å²) in [5.74, 6) is 0. The smallest absolute Gasteiger partial charge is 0.0848 e. The minimum atomic E-state index is 0.944. The van der Waals surface area contributed by atoms with E-state index in [1.807, 2.05) is 36.4 Å². The molecule has 0 spiro atoms. The number of rotatable bonds is 16. The first kappa shape index (κ1) is 25.8. The number of aliphatic imine (C=N–C) groups is 2. The highest BCUT2D eigenvalue weighted by molar-refractivity contribution is 6.47. The summed E-state index contributed by atoms with van der Waals surface area (Å²) in [4.78, 5) is 9.97. The van der Waals surface area contributed by atoms with Gasteiger partial charge in [0.05, 0.1) is 22.8 Å². The van der Waals surface area contributed by atoms with E-state index in [1.165, 1.54) is 51.4 Å². The molecule has 0 bridgehead atoms. The van der Waals surface area contributed by atoms with E-state index in [9.17, 15) is 0 Å². The van der Waals surface area contributed by atoms with Crippen molar-refractivity contribution >= 4 is 22.8 Å². The Kier molecular flexibility index (Phi) is 13.8. The van der Waals surface area contributed by atoms with Crippen molar-refractivity contribution in [1.82, 2.24) is 0 Å². The molecule has 0 fully saturated rings. The molecular formula is C30H42N2. The molecule has 0 N–H and O–H groups in total. The molecule has 2 aromatic carbocycles. The molecular weight excluding hydrogens is 388 g/mol. The fraction of sp³-hybridized carbons (Fsp3) is 0.467. The van der Waals surface area contributed by atoms with E-state index in [0.29, 0.717) is 0 Å². The largest absolute Gasteiger partial charge is 0.251 e. The van der Waals surface area contributed by atoms with Gasteiger partial charge in [-0.1, -0.05) is 108 Å². The maximum absolute atomic E-state index is 4.99. The van der Waals surface area contributed by atoms with Crippen molar-refractivity contribution in [2.45, 2.75) is 90.9 Å². The Balaban J connectivity index is 2.05. The van der Waals surface area contributed by atoms with Crippen LogP contribution in [0.4, 0.5) is 11.4 Å². The quantitative estimate of drug-likeness (QED) is 0.187. The predicted molar refractivity (Wildman–Crippen MR) is 143 cm³/mol. The summed E-state index contributed by atoms with van der Waals surface area (Å²) in [6.45, 7) is 4.51. The number of unbranched alkanes of at least 4 members (excludes halogenated alkanes) is 9. The molecule has 0 aliphatic carbocycles. The molecule has 172 valence electrons. The summed E-state index contributed by atoms with van der Waals surface area (Å²) < 4.78 is 0. The summed E-state index contributed by atoms with van der Waals surface area (Å²) in [5, 5.41) is 0. The molecule has 0 aromatic heterocycles. The topological polar surface area (TPSA) is 24.7 Å². The van der Waals surface area contributed by atoms with Gasteiger partial charge in [0.15, 0.2) is 0 Å². The molecule has 0 amide bonds. The van der Waals surface area contributed by atoms with Crippen LogP contribution in [0.25, 0.3) is 0 Å². The Morgan fingerprint density at radius 3 is 1.75 bits per heavy atom. The molecule has 32 heavy (non-hydrogen) atoms. The maximum Gasteiger partial charge on any atom is 0.0848 e. The fourth-order valence-electron chi connectivity index (χ4n) is 3.67. The first-order valence-electron chi connectivity index (χ1n) is 12.8. The van der Waals surface area contributed by atoms with Gasteiger partial charge in [-0.05, 0) is 56.0 Å². The molecule has 2 rings (SSSR count). The Morgan fingerprint density at radius 2 is 1.16 bits per heavy atom. The fourth-order valence-corrected chi connectivity index (χ4v) is 3.67. The molecule has 0 aliphatic rings.